The van der Waals surface area contributed by atoms with Crippen molar-refractivity contribution in [2.45, 2.75) is 26.7 Å². The number of hydrogen-bond donors (Lipinski definition) is 1. The third kappa shape index (κ3) is 25.0. The Morgan fingerprint density at radius 2 is 1.31 bits per heavy atom. The van der Waals surface area contributed by atoms with Crippen molar-refractivity contribution in [3.63, 3.8) is 0 Å². The van der Waals surface area contributed by atoms with Crippen LogP contribution < -0.4 is 0 Å². The van der Waals surface area contributed by atoms with E-state index in [1.54, 1.807) is 13.8 Å². The number of carbonyl (C=O) groups excluding carboxylic acids is 2. The fraction of sp³-hybridized carbons (Fsp3) is 0.867. The zero-order valence-corrected chi connectivity index (χ0v) is 16.4. The van der Waals surface area contributed by atoms with Gasteiger partial charge in [-0.1, -0.05) is 0 Å². The number of ether oxygens (including phenoxy) is 4. The zero-order chi connectivity index (χ0) is 20.3. The molecule has 0 heterocycles. The van der Waals surface area contributed by atoms with Crippen LogP contribution >= 0.6 is 0 Å². The molecule has 0 bridgehead atoms. The maximum absolute atomic E-state index is 10.8. The average Bonchev–Trinajstić information content (AvgIpc) is 2.55. The smallest absolute Gasteiger partial charge is 0.332 e. The maximum atomic E-state index is 10.8. The molecule has 0 radical (unpaired) electrons. The molecule has 0 atom stereocenters. The predicted octanol–water partition coefficient (Wildman–Crippen LogP) is -0.119. The highest BCUT2D eigenvalue weighted by molar-refractivity contribution is 7.85. The van der Waals surface area contributed by atoms with Gasteiger partial charge >= 0.3 is 11.9 Å². The van der Waals surface area contributed by atoms with Gasteiger partial charge in [-0.15, -0.1) is 0 Å². The molecule has 0 aromatic heterocycles. The van der Waals surface area contributed by atoms with Gasteiger partial charge in [-0.2, -0.15) is 8.42 Å². The number of esters is 2. The second-order valence-electron chi connectivity index (χ2n) is 4.67. The Hall–Kier alpha value is -1.27. The molecule has 156 valence electrons. The summed E-state index contributed by atoms with van der Waals surface area (Å²) in [7, 11) is -3.38. The lowest BCUT2D eigenvalue weighted by atomic mass is 10.5. The van der Waals surface area contributed by atoms with Crippen LogP contribution in [0.1, 0.15) is 26.7 Å². The lowest BCUT2D eigenvalue weighted by Crippen LogP contribution is -2.14. The molecular formula is C15H30O10S. The van der Waals surface area contributed by atoms with E-state index in [-0.39, 0.29) is 39.0 Å². The highest BCUT2D eigenvalue weighted by Crippen LogP contribution is 1.91. The second-order valence-corrected chi connectivity index (χ2v) is 6.32. The largest absolute Gasteiger partial charge is 0.464 e. The summed E-state index contributed by atoms with van der Waals surface area (Å²) in [6.45, 7) is 4.81. The molecule has 10 nitrogen and oxygen atoms in total. The van der Waals surface area contributed by atoms with E-state index in [1.165, 1.54) is 0 Å². The van der Waals surface area contributed by atoms with Crippen LogP contribution in [0.5, 0.6) is 0 Å². The van der Waals surface area contributed by atoms with Gasteiger partial charge in [0, 0.05) is 19.8 Å². The van der Waals surface area contributed by atoms with Gasteiger partial charge in [-0.05, 0) is 26.7 Å². The normalized spacial score (nSPS) is 10.6. The summed E-state index contributed by atoms with van der Waals surface area (Å²) < 4.78 is 44.5. The van der Waals surface area contributed by atoms with Crippen LogP contribution in [0, 0.1) is 0 Å². The quantitative estimate of drug-likeness (QED) is 0.238. The number of aliphatic hydroxyl groups excluding tert-OH is 1. The van der Waals surface area contributed by atoms with Gasteiger partial charge in [-0.3, -0.25) is 4.18 Å². The Morgan fingerprint density at radius 1 is 0.846 bits per heavy atom. The van der Waals surface area contributed by atoms with Crippen molar-refractivity contribution in [3.05, 3.63) is 0 Å². The van der Waals surface area contributed by atoms with Gasteiger partial charge in [0.15, 0.2) is 0 Å². The highest BCUT2D eigenvalue weighted by Gasteiger charge is 2.03. The van der Waals surface area contributed by atoms with Crippen LogP contribution in [0.3, 0.4) is 0 Å². The third-order valence-corrected chi connectivity index (χ3v) is 2.82. The topological polar surface area (TPSA) is 135 Å². The fourth-order valence-electron chi connectivity index (χ4n) is 1.25. The minimum Gasteiger partial charge on any atom is -0.464 e. The monoisotopic (exact) mass is 402 g/mol. The van der Waals surface area contributed by atoms with E-state index in [4.69, 9.17) is 14.6 Å². The Bertz CT molecular complexity index is 449. The summed E-state index contributed by atoms with van der Waals surface area (Å²) in [4.78, 5) is 21.4. The first-order valence-electron chi connectivity index (χ1n) is 8.18. The highest BCUT2D eigenvalue weighted by atomic mass is 32.2. The molecular weight excluding hydrogens is 372 g/mol. The summed E-state index contributed by atoms with van der Waals surface area (Å²) in [6, 6.07) is 0. The van der Waals surface area contributed by atoms with Gasteiger partial charge < -0.3 is 24.1 Å². The fourth-order valence-corrected chi connectivity index (χ4v) is 1.67. The van der Waals surface area contributed by atoms with E-state index in [0.717, 1.165) is 6.26 Å². The molecule has 0 fully saturated rings. The van der Waals surface area contributed by atoms with Crippen molar-refractivity contribution < 1.29 is 46.2 Å². The molecule has 0 aliphatic heterocycles. The molecule has 0 spiro atoms. The van der Waals surface area contributed by atoms with E-state index >= 15 is 0 Å². The SMILES string of the molecule is CCOC(=O)COCCCO.CCOC(=O)COCCCOS(C)(=O)=O. The number of aliphatic hydroxyl groups is 1. The van der Waals surface area contributed by atoms with Gasteiger partial charge in [-0.25, -0.2) is 9.59 Å². The van der Waals surface area contributed by atoms with Gasteiger partial charge in [0.2, 0.25) is 0 Å². The van der Waals surface area contributed by atoms with E-state index in [2.05, 4.69) is 13.7 Å². The number of hydrogen-bond acceptors (Lipinski definition) is 10. The Kier molecular flexibility index (Phi) is 19.2. The third-order valence-electron chi connectivity index (χ3n) is 2.23. The lowest BCUT2D eigenvalue weighted by molar-refractivity contribution is -0.149. The van der Waals surface area contributed by atoms with Crippen molar-refractivity contribution in [2.75, 3.05) is 59.1 Å². The first-order chi connectivity index (χ1) is 12.3. The Balaban J connectivity index is 0. The summed E-state index contributed by atoms with van der Waals surface area (Å²) >= 11 is 0. The Labute approximate surface area is 154 Å². The van der Waals surface area contributed by atoms with Gasteiger partial charge in [0.1, 0.15) is 13.2 Å². The molecule has 26 heavy (non-hydrogen) atoms. The number of carbonyl (C=O) groups is 2. The lowest BCUT2D eigenvalue weighted by Gasteiger charge is -2.03. The van der Waals surface area contributed by atoms with E-state index < -0.39 is 16.1 Å². The van der Waals surface area contributed by atoms with Crippen LogP contribution in [0.25, 0.3) is 0 Å². The molecule has 11 heteroatoms. The average molecular weight is 402 g/mol. The van der Waals surface area contributed by atoms with Crippen LogP contribution in [-0.2, 0) is 42.8 Å². The molecule has 0 aliphatic rings. The number of rotatable bonds is 14. The predicted molar refractivity (Wildman–Crippen MR) is 92.0 cm³/mol. The Morgan fingerprint density at radius 3 is 1.69 bits per heavy atom. The summed E-state index contributed by atoms with van der Waals surface area (Å²) in [5, 5.41) is 8.34. The molecule has 0 rings (SSSR count). The zero-order valence-electron chi connectivity index (χ0n) is 15.6. The molecule has 0 saturated carbocycles. The van der Waals surface area contributed by atoms with Crippen molar-refractivity contribution >= 4 is 22.1 Å². The van der Waals surface area contributed by atoms with Crippen LogP contribution in [0.4, 0.5) is 0 Å². The second kappa shape index (κ2) is 18.5. The van der Waals surface area contributed by atoms with Gasteiger partial charge in [0.25, 0.3) is 10.1 Å². The van der Waals surface area contributed by atoms with Gasteiger partial charge in [0.05, 0.1) is 26.1 Å². The molecule has 0 saturated heterocycles. The van der Waals surface area contributed by atoms with Crippen molar-refractivity contribution in [1.82, 2.24) is 0 Å². The molecule has 0 aromatic carbocycles. The standard InChI is InChI=1S/C8H16O6S.C7H14O4/c1-3-13-8(9)7-12-5-4-6-14-15(2,10)11;1-2-11-7(9)6-10-5-3-4-8/h3-7H2,1-2H3;8H,2-6H2,1H3. The van der Waals surface area contributed by atoms with Crippen molar-refractivity contribution in [3.8, 4) is 0 Å². The molecule has 0 amide bonds. The van der Waals surface area contributed by atoms with Crippen LogP contribution in [0.2, 0.25) is 0 Å². The minimum atomic E-state index is -3.38. The summed E-state index contributed by atoms with van der Waals surface area (Å²) in [5.74, 6) is -0.785. The van der Waals surface area contributed by atoms with E-state index in [9.17, 15) is 18.0 Å². The van der Waals surface area contributed by atoms with Crippen molar-refractivity contribution in [1.29, 1.82) is 0 Å². The van der Waals surface area contributed by atoms with Crippen LogP contribution in [-0.4, -0.2) is 84.6 Å². The summed E-state index contributed by atoms with van der Waals surface area (Å²) in [5.41, 5.74) is 0. The van der Waals surface area contributed by atoms with E-state index in [0.29, 0.717) is 32.7 Å². The molecule has 0 aromatic rings. The minimum absolute atomic E-state index is 0.0200. The molecule has 0 unspecified atom stereocenters. The molecule has 1 N–H and O–H groups in total. The first-order valence-corrected chi connectivity index (χ1v) is 10.00. The maximum Gasteiger partial charge on any atom is 0.332 e. The van der Waals surface area contributed by atoms with E-state index in [1.807, 2.05) is 0 Å². The first kappa shape index (κ1) is 27.0. The summed E-state index contributed by atoms with van der Waals surface area (Å²) in [6.07, 6.45) is 1.94. The van der Waals surface area contributed by atoms with Crippen LogP contribution in [0.15, 0.2) is 0 Å². The van der Waals surface area contributed by atoms with Crippen molar-refractivity contribution in [2.24, 2.45) is 0 Å². The molecule has 0 aliphatic carbocycles.